The van der Waals surface area contributed by atoms with Gasteiger partial charge in [0, 0.05) is 24.8 Å². The van der Waals surface area contributed by atoms with Gasteiger partial charge in [0.25, 0.3) is 5.91 Å². The maximum atomic E-state index is 11.3. The van der Waals surface area contributed by atoms with Crippen molar-refractivity contribution in [3.05, 3.63) is 11.3 Å². The second-order valence-corrected chi connectivity index (χ2v) is 3.64. The van der Waals surface area contributed by atoms with Gasteiger partial charge in [0.1, 0.15) is 0 Å². The SMILES string of the molecule is O=C1CC2C(=O)ON3C(=O)CCC3=C12. The Morgan fingerprint density at radius 1 is 1.21 bits per heavy atom. The minimum atomic E-state index is -0.474. The van der Waals surface area contributed by atoms with Gasteiger partial charge in [-0.3, -0.25) is 9.59 Å². The van der Waals surface area contributed by atoms with Crippen molar-refractivity contribution in [3.8, 4) is 0 Å². The van der Waals surface area contributed by atoms with E-state index >= 15 is 0 Å². The molecule has 0 aromatic heterocycles. The summed E-state index contributed by atoms with van der Waals surface area (Å²) in [5.74, 6) is -1.14. The van der Waals surface area contributed by atoms with E-state index in [4.69, 9.17) is 4.84 Å². The number of Topliss-reactive ketones (excluding diaryl/α,β-unsaturated/α-hetero) is 1. The Bertz CT molecular complexity index is 409. The lowest BCUT2D eigenvalue weighted by molar-refractivity contribution is -0.196. The molecule has 5 heteroatoms. The molecular formula is C9H7NO4. The van der Waals surface area contributed by atoms with E-state index in [2.05, 4.69) is 0 Å². The zero-order chi connectivity index (χ0) is 9.87. The van der Waals surface area contributed by atoms with Crippen LogP contribution in [0.25, 0.3) is 0 Å². The molecule has 1 aliphatic carbocycles. The van der Waals surface area contributed by atoms with Crippen molar-refractivity contribution in [1.29, 1.82) is 0 Å². The number of rotatable bonds is 0. The van der Waals surface area contributed by atoms with E-state index in [1.165, 1.54) is 0 Å². The van der Waals surface area contributed by atoms with Crippen molar-refractivity contribution in [2.45, 2.75) is 19.3 Å². The maximum Gasteiger partial charge on any atom is 0.341 e. The van der Waals surface area contributed by atoms with Gasteiger partial charge in [0.05, 0.1) is 11.6 Å². The highest BCUT2D eigenvalue weighted by Crippen LogP contribution is 2.42. The quantitative estimate of drug-likeness (QED) is 0.540. The van der Waals surface area contributed by atoms with E-state index < -0.39 is 11.9 Å². The Morgan fingerprint density at radius 3 is 2.71 bits per heavy atom. The average molecular weight is 193 g/mol. The van der Waals surface area contributed by atoms with Gasteiger partial charge in [-0.15, -0.1) is 5.06 Å². The molecule has 1 unspecified atom stereocenters. The average Bonchev–Trinajstić information content (AvgIpc) is 2.46. The molecule has 2 fully saturated rings. The number of ketones is 1. The highest BCUT2D eigenvalue weighted by molar-refractivity contribution is 6.11. The number of amides is 1. The summed E-state index contributed by atoms with van der Waals surface area (Å²) in [5, 5.41) is 0.991. The van der Waals surface area contributed by atoms with Gasteiger partial charge in [-0.2, -0.15) is 0 Å². The number of hydrogen-bond acceptors (Lipinski definition) is 4. The smallest absolute Gasteiger partial charge is 0.333 e. The first-order valence-corrected chi connectivity index (χ1v) is 4.49. The number of nitrogens with zero attached hydrogens (tertiary/aromatic N) is 1. The van der Waals surface area contributed by atoms with E-state index in [-0.39, 0.29) is 18.1 Å². The topological polar surface area (TPSA) is 63.7 Å². The van der Waals surface area contributed by atoms with Crippen LogP contribution < -0.4 is 0 Å². The molecule has 1 saturated heterocycles. The van der Waals surface area contributed by atoms with Crippen LogP contribution >= 0.6 is 0 Å². The summed E-state index contributed by atoms with van der Waals surface area (Å²) >= 11 is 0. The monoisotopic (exact) mass is 193 g/mol. The molecule has 2 heterocycles. The summed E-state index contributed by atoms with van der Waals surface area (Å²) in [6, 6.07) is 0. The molecule has 1 saturated carbocycles. The third-order valence-corrected chi connectivity index (χ3v) is 2.86. The van der Waals surface area contributed by atoms with Crippen LogP contribution in [0, 0.1) is 5.92 Å². The summed E-state index contributed by atoms with van der Waals surface area (Å²) in [5.41, 5.74) is 1.11. The molecule has 72 valence electrons. The zero-order valence-electron chi connectivity index (χ0n) is 7.28. The third-order valence-electron chi connectivity index (χ3n) is 2.86. The number of carbonyl (C=O) groups excluding carboxylic acids is 3. The second-order valence-electron chi connectivity index (χ2n) is 3.64. The Hall–Kier alpha value is -1.65. The third kappa shape index (κ3) is 0.724. The van der Waals surface area contributed by atoms with Crippen molar-refractivity contribution >= 4 is 17.7 Å². The van der Waals surface area contributed by atoms with Crippen molar-refractivity contribution in [1.82, 2.24) is 5.06 Å². The maximum absolute atomic E-state index is 11.3. The minimum Gasteiger partial charge on any atom is -0.333 e. The van der Waals surface area contributed by atoms with Crippen LogP contribution in [0.4, 0.5) is 0 Å². The lowest BCUT2D eigenvalue weighted by Crippen LogP contribution is -2.45. The fraction of sp³-hybridized carbons (Fsp3) is 0.444. The molecule has 0 bridgehead atoms. The first-order chi connectivity index (χ1) is 6.68. The van der Waals surface area contributed by atoms with E-state index in [1.807, 2.05) is 0 Å². The first-order valence-electron chi connectivity index (χ1n) is 4.49. The van der Waals surface area contributed by atoms with E-state index in [1.54, 1.807) is 0 Å². The predicted molar refractivity (Wildman–Crippen MR) is 42.3 cm³/mol. The van der Waals surface area contributed by atoms with Crippen LogP contribution in [0.2, 0.25) is 0 Å². The molecule has 2 aliphatic heterocycles. The summed E-state index contributed by atoms with van der Waals surface area (Å²) in [7, 11) is 0. The van der Waals surface area contributed by atoms with Crippen LogP contribution in [0.15, 0.2) is 11.3 Å². The molecule has 0 radical (unpaired) electrons. The van der Waals surface area contributed by atoms with Gasteiger partial charge in [-0.1, -0.05) is 0 Å². The number of hydrogen-bond donors (Lipinski definition) is 0. The fourth-order valence-corrected chi connectivity index (χ4v) is 2.11. The number of fused-ring (bicyclic) bond motifs is 2. The van der Waals surface area contributed by atoms with Crippen molar-refractivity contribution in [2.75, 3.05) is 0 Å². The zero-order valence-corrected chi connectivity index (χ0v) is 7.28. The van der Waals surface area contributed by atoms with Crippen molar-refractivity contribution in [2.24, 2.45) is 5.92 Å². The van der Waals surface area contributed by atoms with Crippen molar-refractivity contribution in [3.63, 3.8) is 0 Å². The van der Waals surface area contributed by atoms with E-state index in [0.717, 1.165) is 5.06 Å². The molecule has 0 aromatic carbocycles. The second kappa shape index (κ2) is 2.23. The van der Waals surface area contributed by atoms with Crippen molar-refractivity contribution < 1.29 is 19.2 Å². The summed E-state index contributed by atoms with van der Waals surface area (Å²) in [6.07, 6.45) is 1.08. The number of carbonyl (C=O) groups is 3. The Balaban J connectivity index is 2.12. The van der Waals surface area contributed by atoms with E-state index in [0.29, 0.717) is 24.1 Å². The van der Waals surface area contributed by atoms with Crippen LogP contribution in [-0.2, 0) is 19.2 Å². The van der Waals surface area contributed by atoms with Crippen LogP contribution in [-0.4, -0.2) is 22.7 Å². The molecule has 5 nitrogen and oxygen atoms in total. The Kier molecular flexibility index (Phi) is 1.23. The van der Waals surface area contributed by atoms with E-state index in [9.17, 15) is 14.4 Å². The largest absolute Gasteiger partial charge is 0.341 e. The number of allylic oxidation sites excluding steroid dienone is 1. The van der Waals surface area contributed by atoms with Crippen LogP contribution in [0.1, 0.15) is 19.3 Å². The van der Waals surface area contributed by atoms with Gasteiger partial charge in [0.2, 0.25) is 0 Å². The molecule has 1 amide bonds. The Morgan fingerprint density at radius 2 is 2.00 bits per heavy atom. The number of hydroxylamine groups is 2. The molecule has 3 rings (SSSR count). The van der Waals surface area contributed by atoms with Gasteiger partial charge in [0.15, 0.2) is 5.78 Å². The first kappa shape index (κ1) is 7.73. The fourth-order valence-electron chi connectivity index (χ4n) is 2.11. The van der Waals surface area contributed by atoms with Gasteiger partial charge < -0.3 is 4.84 Å². The molecule has 3 aliphatic rings. The van der Waals surface area contributed by atoms with Crippen LogP contribution in [0.3, 0.4) is 0 Å². The summed E-state index contributed by atoms with van der Waals surface area (Å²) in [6.45, 7) is 0. The van der Waals surface area contributed by atoms with Gasteiger partial charge in [-0.25, -0.2) is 4.79 Å². The normalized spacial score (nSPS) is 29.9. The Labute approximate surface area is 79.3 Å². The van der Waals surface area contributed by atoms with Gasteiger partial charge in [-0.05, 0) is 0 Å². The molecule has 0 N–H and O–H groups in total. The summed E-state index contributed by atoms with van der Waals surface area (Å²) < 4.78 is 0. The molecule has 1 atom stereocenters. The molecule has 14 heavy (non-hydrogen) atoms. The van der Waals surface area contributed by atoms with Crippen LogP contribution in [0.5, 0.6) is 0 Å². The minimum absolute atomic E-state index is 0.0265. The summed E-state index contributed by atoms with van der Waals surface area (Å²) in [4.78, 5) is 38.6. The highest BCUT2D eigenvalue weighted by Gasteiger charge is 2.50. The lowest BCUT2D eigenvalue weighted by atomic mass is 9.76. The standard InChI is InChI=1S/C9H7NO4/c11-6-3-4-8(6)5-1-2-7(12)10(5)14-9(4)13/h4H,1-3H2. The lowest BCUT2D eigenvalue weighted by Gasteiger charge is -2.35. The molecule has 0 aromatic rings. The predicted octanol–water partition coefficient (Wildman–Crippen LogP) is -0.0763. The molecular weight excluding hydrogens is 186 g/mol. The van der Waals surface area contributed by atoms with Gasteiger partial charge >= 0.3 is 5.97 Å². The molecule has 0 spiro atoms. The highest BCUT2D eigenvalue weighted by atomic mass is 16.7.